The van der Waals surface area contributed by atoms with E-state index in [2.05, 4.69) is 20.5 Å². The number of halogens is 1. The van der Waals surface area contributed by atoms with Gasteiger partial charge in [0.2, 0.25) is 5.91 Å². The Balaban J connectivity index is 1.31. The predicted octanol–water partition coefficient (Wildman–Crippen LogP) is 4.47. The van der Waals surface area contributed by atoms with E-state index < -0.39 is 5.82 Å². The van der Waals surface area contributed by atoms with Crippen molar-refractivity contribution in [1.29, 1.82) is 0 Å². The summed E-state index contributed by atoms with van der Waals surface area (Å²) in [5.41, 5.74) is 4.05. The Morgan fingerprint density at radius 3 is 2.66 bits per heavy atom. The van der Waals surface area contributed by atoms with E-state index in [0.717, 1.165) is 24.1 Å². The number of benzene rings is 1. The fourth-order valence-electron chi connectivity index (χ4n) is 3.53. The Hall–Kier alpha value is -4.07. The van der Waals surface area contributed by atoms with Crippen molar-refractivity contribution >= 4 is 17.7 Å². The number of hydrogen-bond acceptors (Lipinski definition) is 4. The Bertz CT molecular complexity index is 1300. The zero-order valence-corrected chi connectivity index (χ0v) is 17.4. The van der Waals surface area contributed by atoms with Crippen molar-refractivity contribution < 1.29 is 9.18 Å². The highest BCUT2D eigenvalue weighted by Crippen LogP contribution is 2.36. The van der Waals surface area contributed by atoms with Crippen molar-refractivity contribution in [2.75, 3.05) is 5.32 Å². The number of rotatable bonds is 6. The van der Waals surface area contributed by atoms with Gasteiger partial charge < -0.3 is 5.32 Å². The van der Waals surface area contributed by atoms with Gasteiger partial charge in [-0.15, -0.1) is 0 Å². The van der Waals surface area contributed by atoms with Crippen LogP contribution in [0.15, 0.2) is 67.4 Å². The summed E-state index contributed by atoms with van der Waals surface area (Å²) in [6, 6.07) is 9.76. The topological polar surface area (TPSA) is 77.6 Å². The monoisotopic (exact) mass is 428 g/mol. The molecule has 8 heteroatoms. The van der Waals surface area contributed by atoms with Crippen LogP contribution >= 0.6 is 0 Å². The van der Waals surface area contributed by atoms with E-state index in [9.17, 15) is 9.18 Å². The number of nitrogens with zero attached hydrogens (tertiary/aromatic N) is 5. The molecule has 1 amide bonds. The van der Waals surface area contributed by atoms with Crippen molar-refractivity contribution in [2.24, 2.45) is 7.05 Å². The molecule has 0 radical (unpaired) electrons. The molecule has 0 bridgehead atoms. The van der Waals surface area contributed by atoms with Gasteiger partial charge in [0.15, 0.2) is 0 Å². The second kappa shape index (κ2) is 8.22. The van der Waals surface area contributed by atoms with Crippen LogP contribution in [0.2, 0.25) is 0 Å². The lowest BCUT2D eigenvalue weighted by Gasteiger charge is -2.06. The number of carbonyl (C=O) groups excluding carboxylic acids is 1. The summed E-state index contributed by atoms with van der Waals surface area (Å²) in [5, 5.41) is 11.5. The molecule has 0 unspecified atom stereocenters. The smallest absolute Gasteiger partial charge is 0.248 e. The lowest BCUT2D eigenvalue weighted by Crippen LogP contribution is -2.07. The average molecular weight is 428 g/mol. The van der Waals surface area contributed by atoms with Crippen molar-refractivity contribution in [3.05, 3.63) is 78.8 Å². The standard InChI is InChI=1S/C24H21FN6O/c1-30-11-10-22(29-30)16-2-5-19(6-3-16)28-23(32)9-4-17-12-26-14-21(25)24(17)18-13-27-31(15-18)20-7-8-20/h2-6,9-15,20H,7-8H2,1H3,(H,28,32)/b9-4+. The van der Waals surface area contributed by atoms with E-state index >= 15 is 0 Å². The number of pyridine rings is 1. The molecule has 0 spiro atoms. The second-order valence-corrected chi connectivity index (χ2v) is 7.80. The molecule has 1 aliphatic rings. The number of carbonyl (C=O) groups is 1. The van der Waals surface area contributed by atoms with Crippen LogP contribution in [0.25, 0.3) is 28.5 Å². The molecule has 1 aliphatic carbocycles. The first-order chi connectivity index (χ1) is 15.6. The van der Waals surface area contributed by atoms with E-state index in [0.29, 0.717) is 28.4 Å². The fraction of sp³-hybridized carbons (Fsp3) is 0.167. The van der Waals surface area contributed by atoms with Crippen LogP contribution in [0.5, 0.6) is 0 Å². The molecule has 1 saturated carbocycles. The van der Waals surface area contributed by atoms with Gasteiger partial charge in [-0.3, -0.25) is 19.1 Å². The minimum Gasteiger partial charge on any atom is -0.323 e. The van der Waals surface area contributed by atoms with Gasteiger partial charge in [-0.25, -0.2) is 4.39 Å². The largest absolute Gasteiger partial charge is 0.323 e. The molecule has 160 valence electrons. The molecule has 0 aliphatic heterocycles. The van der Waals surface area contributed by atoms with Crippen molar-refractivity contribution in [3.63, 3.8) is 0 Å². The first-order valence-electron chi connectivity index (χ1n) is 10.3. The van der Waals surface area contributed by atoms with Crippen LogP contribution < -0.4 is 5.32 Å². The molecule has 0 saturated heterocycles. The molecule has 0 atom stereocenters. The lowest BCUT2D eigenvalue weighted by molar-refractivity contribution is -0.111. The quantitative estimate of drug-likeness (QED) is 0.460. The zero-order chi connectivity index (χ0) is 22.1. The first kappa shape index (κ1) is 19.9. The van der Waals surface area contributed by atoms with Crippen molar-refractivity contribution in [3.8, 4) is 22.4 Å². The van der Waals surface area contributed by atoms with Crippen LogP contribution in [0.1, 0.15) is 24.4 Å². The van der Waals surface area contributed by atoms with Gasteiger partial charge in [-0.2, -0.15) is 10.2 Å². The van der Waals surface area contributed by atoms with Crippen LogP contribution in [-0.4, -0.2) is 30.5 Å². The number of aromatic nitrogens is 5. The number of amides is 1. The Morgan fingerprint density at radius 2 is 1.94 bits per heavy atom. The van der Waals surface area contributed by atoms with Crippen molar-refractivity contribution in [1.82, 2.24) is 24.5 Å². The highest BCUT2D eigenvalue weighted by atomic mass is 19.1. The molecule has 1 fully saturated rings. The zero-order valence-electron chi connectivity index (χ0n) is 17.4. The Kier molecular flexibility index (Phi) is 5.10. The molecule has 7 nitrogen and oxygen atoms in total. The van der Waals surface area contributed by atoms with E-state index in [1.807, 2.05) is 54.5 Å². The number of hydrogen-bond donors (Lipinski definition) is 1. The maximum absolute atomic E-state index is 14.6. The van der Waals surface area contributed by atoms with Gasteiger partial charge in [-0.1, -0.05) is 12.1 Å². The fourth-order valence-corrected chi connectivity index (χ4v) is 3.53. The van der Waals surface area contributed by atoms with E-state index in [4.69, 9.17) is 0 Å². The second-order valence-electron chi connectivity index (χ2n) is 7.80. The summed E-state index contributed by atoms with van der Waals surface area (Å²) in [7, 11) is 1.86. The summed E-state index contributed by atoms with van der Waals surface area (Å²) in [6.07, 6.45) is 13.2. The Labute approximate surface area is 184 Å². The van der Waals surface area contributed by atoms with Gasteiger partial charge in [-0.05, 0) is 37.1 Å². The summed E-state index contributed by atoms with van der Waals surface area (Å²) in [5.74, 6) is -0.771. The molecular weight excluding hydrogens is 407 g/mol. The normalized spacial score (nSPS) is 13.6. The Morgan fingerprint density at radius 1 is 1.12 bits per heavy atom. The van der Waals surface area contributed by atoms with Gasteiger partial charge in [0, 0.05) is 59.7 Å². The third-order valence-electron chi connectivity index (χ3n) is 5.32. The first-order valence-corrected chi connectivity index (χ1v) is 10.3. The molecule has 32 heavy (non-hydrogen) atoms. The summed E-state index contributed by atoms with van der Waals surface area (Å²) in [6.45, 7) is 0. The molecule has 5 rings (SSSR count). The maximum Gasteiger partial charge on any atom is 0.248 e. The van der Waals surface area contributed by atoms with Crippen LogP contribution in [-0.2, 0) is 11.8 Å². The highest BCUT2D eigenvalue weighted by molar-refractivity contribution is 6.02. The summed E-state index contributed by atoms with van der Waals surface area (Å²) >= 11 is 0. The number of aryl methyl sites for hydroxylation is 1. The predicted molar refractivity (Wildman–Crippen MR) is 120 cm³/mol. The molecule has 3 aromatic heterocycles. The lowest BCUT2D eigenvalue weighted by atomic mass is 10.0. The van der Waals surface area contributed by atoms with Crippen LogP contribution in [0.4, 0.5) is 10.1 Å². The van der Waals surface area contributed by atoms with Gasteiger partial charge in [0.1, 0.15) is 5.82 Å². The van der Waals surface area contributed by atoms with Gasteiger partial charge in [0.25, 0.3) is 0 Å². The van der Waals surface area contributed by atoms with E-state index in [1.165, 1.54) is 18.5 Å². The summed E-state index contributed by atoms with van der Waals surface area (Å²) < 4.78 is 18.2. The SMILES string of the molecule is Cn1ccc(-c2ccc(NC(=O)/C=C/c3cncc(F)c3-c3cnn(C4CC4)c3)cc2)n1. The minimum atomic E-state index is -0.451. The average Bonchev–Trinajstić information content (AvgIpc) is 3.36. The molecule has 4 aromatic rings. The molecular formula is C24H21FN6O. The number of anilines is 1. The molecule has 1 aromatic carbocycles. The maximum atomic E-state index is 14.6. The molecule has 1 N–H and O–H groups in total. The highest BCUT2D eigenvalue weighted by Gasteiger charge is 2.25. The molecule has 3 heterocycles. The third kappa shape index (κ3) is 4.20. The van der Waals surface area contributed by atoms with Gasteiger partial charge >= 0.3 is 0 Å². The summed E-state index contributed by atoms with van der Waals surface area (Å²) in [4.78, 5) is 16.4. The van der Waals surface area contributed by atoms with Gasteiger partial charge in [0.05, 0.1) is 24.1 Å². The van der Waals surface area contributed by atoms with E-state index in [1.54, 1.807) is 17.0 Å². The van der Waals surface area contributed by atoms with Crippen LogP contribution in [0.3, 0.4) is 0 Å². The van der Waals surface area contributed by atoms with Crippen LogP contribution in [0, 0.1) is 5.82 Å². The third-order valence-corrected chi connectivity index (χ3v) is 5.32. The van der Waals surface area contributed by atoms with E-state index in [-0.39, 0.29) is 5.91 Å². The van der Waals surface area contributed by atoms with Crippen molar-refractivity contribution in [2.45, 2.75) is 18.9 Å². The minimum absolute atomic E-state index is 0.320. The number of nitrogens with one attached hydrogen (secondary N) is 1.